The lowest BCUT2D eigenvalue weighted by atomic mass is 10.2. The summed E-state index contributed by atoms with van der Waals surface area (Å²) in [7, 11) is -3.83. The number of nitrogens with one attached hydrogen (secondary N) is 2. The van der Waals surface area contributed by atoms with E-state index in [1.807, 2.05) is 6.07 Å². The van der Waals surface area contributed by atoms with E-state index < -0.39 is 15.9 Å². The van der Waals surface area contributed by atoms with E-state index in [1.54, 1.807) is 24.3 Å². The smallest absolute Gasteiger partial charge is 0.261 e. The number of benzene rings is 3. The molecule has 4 aromatic rings. The fraction of sp³-hybridized carbons (Fsp3) is 0.0909. The first-order valence-corrected chi connectivity index (χ1v) is 12.5. The van der Waals surface area contributed by atoms with Crippen molar-refractivity contribution in [3.63, 3.8) is 0 Å². The van der Waals surface area contributed by atoms with Crippen LogP contribution >= 0.6 is 22.9 Å². The highest BCUT2D eigenvalue weighted by atomic mass is 35.5. The minimum absolute atomic E-state index is 0.0619. The highest BCUT2D eigenvalue weighted by Gasteiger charge is 2.18. The van der Waals surface area contributed by atoms with Crippen LogP contribution in [0.4, 0.5) is 10.8 Å². The normalized spacial score (nSPS) is 13.0. The summed E-state index contributed by atoms with van der Waals surface area (Å²) in [5.74, 6) is 0.854. The molecule has 0 spiro atoms. The van der Waals surface area contributed by atoms with Crippen molar-refractivity contribution < 1.29 is 22.7 Å². The number of nitrogens with zero attached hydrogens (tertiary/aromatic N) is 1. The molecular formula is C22H16ClN3O5S2. The van der Waals surface area contributed by atoms with E-state index in [2.05, 4.69) is 15.0 Å². The standard InChI is InChI=1S/C22H16ClN3O5S2/c23-14-4-6-16(7-5-14)33(28,29)26-15-3-1-2-13(10-15)21(27)25-22-24-17-11-18-19(12-20(17)32-22)31-9-8-30-18/h1-7,10-12,26H,8-9H2,(H,24,25,27). The van der Waals surface area contributed by atoms with Gasteiger partial charge in [0, 0.05) is 28.4 Å². The molecule has 168 valence electrons. The van der Waals surface area contributed by atoms with E-state index in [0.29, 0.717) is 40.4 Å². The first-order valence-electron chi connectivity index (χ1n) is 9.77. The van der Waals surface area contributed by atoms with Crippen LogP contribution in [0.3, 0.4) is 0 Å². The van der Waals surface area contributed by atoms with Gasteiger partial charge in [0.2, 0.25) is 0 Å². The second-order valence-electron chi connectivity index (χ2n) is 7.08. The summed E-state index contributed by atoms with van der Waals surface area (Å²) < 4.78 is 39.7. The van der Waals surface area contributed by atoms with Gasteiger partial charge in [-0.15, -0.1) is 0 Å². The molecule has 1 aromatic heterocycles. The monoisotopic (exact) mass is 501 g/mol. The topological polar surface area (TPSA) is 107 Å². The van der Waals surface area contributed by atoms with Gasteiger partial charge >= 0.3 is 0 Å². The van der Waals surface area contributed by atoms with Crippen LogP contribution in [0.2, 0.25) is 5.02 Å². The predicted octanol–water partition coefficient (Wildman–Crippen LogP) is 4.77. The van der Waals surface area contributed by atoms with Crippen LogP contribution in [-0.2, 0) is 10.0 Å². The van der Waals surface area contributed by atoms with Crippen LogP contribution in [0.5, 0.6) is 11.5 Å². The second-order valence-corrected chi connectivity index (χ2v) is 10.2. The Bertz CT molecular complexity index is 1430. The molecule has 3 aromatic carbocycles. The summed E-state index contributed by atoms with van der Waals surface area (Å²) in [5, 5.41) is 3.60. The minimum Gasteiger partial charge on any atom is -0.486 e. The molecule has 1 aliphatic rings. The molecule has 0 saturated heterocycles. The van der Waals surface area contributed by atoms with Gasteiger partial charge in [0.25, 0.3) is 15.9 Å². The van der Waals surface area contributed by atoms with Crippen LogP contribution in [-0.4, -0.2) is 32.5 Å². The largest absolute Gasteiger partial charge is 0.486 e. The molecule has 0 aliphatic carbocycles. The van der Waals surface area contributed by atoms with Gasteiger partial charge in [0.1, 0.15) is 13.2 Å². The lowest BCUT2D eigenvalue weighted by Gasteiger charge is -2.17. The van der Waals surface area contributed by atoms with Crippen molar-refractivity contribution in [2.45, 2.75) is 4.90 Å². The Morgan fingerprint density at radius 3 is 2.48 bits per heavy atom. The number of carbonyl (C=O) groups is 1. The summed E-state index contributed by atoms with van der Waals surface area (Å²) in [4.78, 5) is 17.3. The number of hydrogen-bond acceptors (Lipinski definition) is 7. The first-order chi connectivity index (χ1) is 15.9. The third-order valence-corrected chi connectivity index (χ3v) is 7.36. The predicted molar refractivity (Wildman–Crippen MR) is 127 cm³/mol. The molecule has 1 amide bonds. The van der Waals surface area contributed by atoms with Gasteiger partial charge in [-0.3, -0.25) is 14.8 Å². The zero-order valence-corrected chi connectivity index (χ0v) is 19.3. The Morgan fingerprint density at radius 1 is 1.00 bits per heavy atom. The molecule has 0 atom stereocenters. The maximum absolute atomic E-state index is 12.8. The van der Waals surface area contributed by atoms with E-state index in [-0.39, 0.29) is 16.1 Å². The number of fused-ring (bicyclic) bond motifs is 2. The van der Waals surface area contributed by atoms with Crippen LogP contribution in [0.15, 0.2) is 65.6 Å². The van der Waals surface area contributed by atoms with Crippen molar-refractivity contribution in [3.05, 3.63) is 71.2 Å². The number of halogens is 1. The molecule has 0 unspecified atom stereocenters. The van der Waals surface area contributed by atoms with Crippen molar-refractivity contribution in [1.29, 1.82) is 0 Å². The summed E-state index contributed by atoms with van der Waals surface area (Å²) in [5.41, 5.74) is 1.21. The van der Waals surface area contributed by atoms with Crippen LogP contribution < -0.4 is 19.5 Å². The fourth-order valence-electron chi connectivity index (χ4n) is 3.24. The van der Waals surface area contributed by atoms with Crippen molar-refractivity contribution in [2.75, 3.05) is 23.3 Å². The summed E-state index contributed by atoms with van der Waals surface area (Å²) >= 11 is 7.13. The lowest BCUT2D eigenvalue weighted by Crippen LogP contribution is -2.15. The van der Waals surface area contributed by atoms with Crippen LogP contribution in [0, 0.1) is 0 Å². The molecule has 0 radical (unpaired) electrons. The Kier molecular flexibility index (Phi) is 5.57. The summed E-state index contributed by atoms with van der Waals surface area (Å²) in [6.07, 6.45) is 0. The molecule has 5 rings (SSSR count). The zero-order valence-electron chi connectivity index (χ0n) is 16.9. The molecule has 1 aliphatic heterocycles. The quantitative estimate of drug-likeness (QED) is 0.408. The number of ether oxygens (including phenoxy) is 2. The maximum atomic E-state index is 12.8. The molecule has 2 N–H and O–H groups in total. The average molecular weight is 502 g/mol. The highest BCUT2D eigenvalue weighted by Crippen LogP contribution is 2.38. The molecular weight excluding hydrogens is 486 g/mol. The maximum Gasteiger partial charge on any atom is 0.261 e. The lowest BCUT2D eigenvalue weighted by molar-refractivity contribution is 0.102. The van der Waals surface area contributed by atoms with Crippen molar-refractivity contribution in [3.8, 4) is 11.5 Å². The number of sulfonamides is 1. The number of aromatic nitrogens is 1. The molecule has 2 heterocycles. The second kappa shape index (κ2) is 8.54. The Hall–Kier alpha value is -3.34. The van der Waals surface area contributed by atoms with Gasteiger partial charge in [-0.2, -0.15) is 0 Å². The van der Waals surface area contributed by atoms with Gasteiger partial charge < -0.3 is 9.47 Å². The van der Waals surface area contributed by atoms with Gasteiger partial charge in [0.05, 0.1) is 15.1 Å². The third-order valence-electron chi connectivity index (χ3n) is 4.77. The van der Waals surface area contributed by atoms with Gasteiger partial charge in [0.15, 0.2) is 16.6 Å². The molecule has 8 nitrogen and oxygen atoms in total. The van der Waals surface area contributed by atoms with Gasteiger partial charge in [-0.05, 0) is 42.5 Å². The summed E-state index contributed by atoms with van der Waals surface area (Å²) in [6.45, 7) is 0.962. The SMILES string of the molecule is O=C(Nc1nc2cc3c(cc2s1)OCCO3)c1cccc(NS(=O)(=O)c2ccc(Cl)cc2)c1. The number of anilines is 2. The summed E-state index contributed by atoms with van der Waals surface area (Å²) in [6, 6.07) is 15.6. The molecule has 11 heteroatoms. The Labute approximate surface area is 198 Å². The van der Waals surface area contributed by atoms with Crippen molar-refractivity contribution >= 4 is 59.9 Å². The van der Waals surface area contributed by atoms with Gasteiger partial charge in [-0.1, -0.05) is 29.0 Å². The average Bonchev–Trinajstić information content (AvgIpc) is 3.18. The zero-order chi connectivity index (χ0) is 23.0. The molecule has 33 heavy (non-hydrogen) atoms. The van der Waals surface area contributed by atoms with Gasteiger partial charge in [-0.25, -0.2) is 13.4 Å². The van der Waals surface area contributed by atoms with Crippen molar-refractivity contribution in [2.24, 2.45) is 0 Å². The van der Waals surface area contributed by atoms with E-state index in [0.717, 1.165) is 4.70 Å². The number of rotatable bonds is 5. The highest BCUT2D eigenvalue weighted by molar-refractivity contribution is 7.92. The molecule has 0 saturated carbocycles. The minimum atomic E-state index is -3.83. The van der Waals surface area contributed by atoms with Crippen LogP contribution in [0.1, 0.15) is 10.4 Å². The van der Waals surface area contributed by atoms with E-state index in [1.165, 1.54) is 41.7 Å². The Balaban J connectivity index is 1.34. The van der Waals surface area contributed by atoms with E-state index in [9.17, 15) is 13.2 Å². The fourth-order valence-corrected chi connectivity index (χ4v) is 5.29. The van der Waals surface area contributed by atoms with E-state index >= 15 is 0 Å². The Morgan fingerprint density at radius 2 is 1.73 bits per heavy atom. The number of hydrogen-bond donors (Lipinski definition) is 2. The number of carbonyl (C=O) groups excluding carboxylic acids is 1. The molecule has 0 fully saturated rings. The number of amides is 1. The van der Waals surface area contributed by atoms with Crippen LogP contribution in [0.25, 0.3) is 10.2 Å². The third kappa shape index (κ3) is 4.58. The first kappa shape index (κ1) is 21.5. The van der Waals surface area contributed by atoms with Crippen molar-refractivity contribution in [1.82, 2.24) is 4.98 Å². The number of thiazole rings is 1. The molecule has 0 bridgehead atoms. The van der Waals surface area contributed by atoms with E-state index in [4.69, 9.17) is 21.1 Å².